The smallest absolute Gasteiger partial charge is 0.253 e. The molecule has 236 valence electrons. The molecule has 6 nitrogen and oxygen atoms in total. The summed E-state index contributed by atoms with van der Waals surface area (Å²) in [6.07, 6.45) is 36.2. The number of allylic oxidation sites excluding steroid dienone is 12. The molecule has 1 heterocycles. The minimum absolute atomic E-state index is 0.0429. The monoisotopic (exact) mass is 625 g/mol. The molecule has 0 aliphatic carbocycles. The van der Waals surface area contributed by atoms with Crippen molar-refractivity contribution in [3.8, 4) is 0 Å². The predicted octanol–water partition coefficient (Wildman–Crippen LogP) is 7.93. The number of carbonyl (C=O) groups is 2. The fourth-order valence-corrected chi connectivity index (χ4v) is 6.19. The maximum Gasteiger partial charge on any atom is 0.253 e. The van der Waals surface area contributed by atoms with E-state index in [-0.39, 0.29) is 18.4 Å². The molecule has 1 aromatic rings. The maximum atomic E-state index is 12.4. The second-order valence-corrected chi connectivity index (χ2v) is 13.3. The van der Waals surface area contributed by atoms with E-state index in [1.807, 2.05) is 13.8 Å². The summed E-state index contributed by atoms with van der Waals surface area (Å²) in [4.78, 5) is 28.5. The van der Waals surface area contributed by atoms with E-state index in [0.717, 1.165) is 50.7 Å². The van der Waals surface area contributed by atoms with Crippen LogP contribution < -0.4 is 10.6 Å². The third-order valence-electron chi connectivity index (χ3n) is 6.17. The highest BCUT2D eigenvalue weighted by Gasteiger charge is 2.31. The highest BCUT2D eigenvalue weighted by Crippen LogP contribution is 2.37. The van der Waals surface area contributed by atoms with Gasteiger partial charge in [-0.15, -0.1) is 0 Å². The van der Waals surface area contributed by atoms with Crippen molar-refractivity contribution in [2.45, 2.75) is 82.9 Å². The highest BCUT2D eigenvalue weighted by molar-refractivity contribution is 8.77. The molecular formula is C35H51N3O3S2. The average Bonchev–Trinajstić information content (AvgIpc) is 3.01. The molecule has 1 rings (SSSR count). The van der Waals surface area contributed by atoms with Crippen LogP contribution in [0, 0.1) is 0 Å². The van der Waals surface area contributed by atoms with Crippen molar-refractivity contribution in [3.05, 3.63) is 103 Å². The van der Waals surface area contributed by atoms with Gasteiger partial charge in [0, 0.05) is 35.9 Å². The fraction of sp³-hybridized carbons (Fsp3) is 0.457. The Morgan fingerprint density at radius 3 is 1.98 bits per heavy atom. The lowest BCUT2D eigenvalue weighted by molar-refractivity contribution is -0.120. The van der Waals surface area contributed by atoms with Crippen LogP contribution in [0.2, 0.25) is 0 Å². The van der Waals surface area contributed by atoms with Gasteiger partial charge in [-0.25, -0.2) is 0 Å². The maximum absolute atomic E-state index is 12.4. The minimum Gasteiger partial charge on any atom is -0.394 e. The molecular weight excluding hydrogens is 575 g/mol. The first-order chi connectivity index (χ1) is 20.9. The van der Waals surface area contributed by atoms with Crippen LogP contribution in [-0.2, 0) is 4.79 Å². The van der Waals surface area contributed by atoms with E-state index in [1.54, 1.807) is 39.9 Å². The van der Waals surface area contributed by atoms with E-state index in [4.69, 9.17) is 0 Å². The molecule has 43 heavy (non-hydrogen) atoms. The number of hydrogen-bond acceptors (Lipinski definition) is 6. The average molecular weight is 626 g/mol. The third kappa shape index (κ3) is 20.7. The summed E-state index contributed by atoms with van der Waals surface area (Å²) in [7, 11) is 3.20. The molecule has 3 N–H and O–H groups in total. The number of aliphatic hydroxyl groups is 1. The minimum atomic E-state index is -0.423. The van der Waals surface area contributed by atoms with Crippen LogP contribution >= 0.6 is 21.6 Å². The number of rotatable bonds is 23. The van der Waals surface area contributed by atoms with Gasteiger partial charge in [-0.1, -0.05) is 101 Å². The van der Waals surface area contributed by atoms with Crippen molar-refractivity contribution in [2.75, 3.05) is 18.9 Å². The van der Waals surface area contributed by atoms with Crippen molar-refractivity contribution in [3.63, 3.8) is 0 Å². The summed E-state index contributed by atoms with van der Waals surface area (Å²) in [6.45, 7) is 6.52. The summed E-state index contributed by atoms with van der Waals surface area (Å²) >= 11 is 0. The number of aromatic nitrogens is 1. The predicted molar refractivity (Wildman–Crippen MR) is 187 cm³/mol. The van der Waals surface area contributed by atoms with Crippen molar-refractivity contribution in [1.82, 2.24) is 15.6 Å². The van der Waals surface area contributed by atoms with E-state index in [1.165, 1.54) is 6.20 Å². The molecule has 1 atom stereocenters. The number of pyridine rings is 1. The molecule has 0 radical (unpaired) electrons. The molecule has 0 aliphatic heterocycles. The van der Waals surface area contributed by atoms with E-state index < -0.39 is 10.8 Å². The van der Waals surface area contributed by atoms with Crippen LogP contribution in [0.15, 0.2) is 97.4 Å². The number of nitrogens with zero attached hydrogens (tertiary/aromatic N) is 1. The quantitative estimate of drug-likeness (QED) is 0.0650. The van der Waals surface area contributed by atoms with Crippen molar-refractivity contribution < 1.29 is 14.7 Å². The van der Waals surface area contributed by atoms with Gasteiger partial charge < -0.3 is 15.7 Å². The molecule has 0 saturated heterocycles. The Morgan fingerprint density at radius 1 is 0.907 bits per heavy atom. The SMILES string of the molecule is CC/C=C\C/C=C\C/C=C\C/C=C\C/C=C\C/C=C\CCC(=O)NCCSSC(C)(C)C(CO)NC(=O)c1cccnc1. The van der Waals surface area contributed by atoms with Gasteiger partial charge in [-0.2, -0.15) is 0 Å². The zero-order chi connectivity index (χ0) is 31.4. The van der Waals surface area contributed by atoms with E-state index >= 15 is 0 Å². The van der Waals surface area contributed by atoms with E-state index in [0.29, 0.717) is 18.5 Å². The van der Waals surface area contributed by atoms with Crippen molar-refractivity contribution in [2.24, 2.45) is 0 Å². The largest absolute Gasteiger partial charge is 0.394 e. The lowest BCUT2D eigenvalue weighted by Crippen LogP contribution is -2.49. The first kappa shape index (κ1) is 38.2. The molecule has 8 heteroatoms. The third-order valence-corrected chi connectivity index (χ3v) is 9.51. The van der Waals surface area contributed by atoms with Gasteiger partial charge in [0.2, 0.25) is 5.91 Å². The van der Waals surface area contributed by atoms with Crippen LogP contribution in [-0.4, -0.2) is 51.6 Å². The lowest BCUT2D eigenvalue weighted by Gasteiger charge is -2.32. The Hall–Kier alpha value is -2.81. The Balaban J connectivity index is 2.08. The summed E-state index contributed by atoms with van der Waals surface area (Å²) < 4.78 is -0.405. The second-order valence-electron chi connectivity index (χ2n) is 10.3. The number of carbonyl (C=O) groups excluding carboxylic acids is 2. The topological polar surface area (TPSA) is 91.3 Å². The first-order valence-corrected chi connectivity index (χ1v) is 17.5. The number of hydrogen-bond donors (Lipinski definition) is 3. The van der Waals surface area contributed by atoms with Crippen LogP contribution in [0.1, 0.15) is 82.5 Å². The lowest BCUT2D eigenvalue weighted by atomic mass is 10.0. The Bertz CT molecular complexity index is 1060. The van der Waals surface area contributed by atoms with Crippen molar-refractivity contribution in [1.29, 1.82) is 0 Å². The fourth-order valence-electron chi connectivity index (χ4n) is 3.60. The van der Waals surface area contributed by atoms with Gasteiger partial charge in [0.15, 0.2) is 0 Å². The Labute approximate surface area is 267 Å². The Morgan fingerprint density at radius 2 is 1.47 bits per heavy atom. The van der Waals surface area contributed by atoms with Gasteiger partial charge in [-0.3, -0.25) is 14.6 Å². The number of aliphatic hydroxyl groups excluding tert-OH is 1. The summed E-state index contributed by atoms with van der Waals surface area (Å²) in [5.41, 5.74) is 0.459. The van der Waals surface area contributed by atoms with Crippen LogP contribution in [0.25, 0.3) is 0 Å². The first-order valence-electron chi connectivity index (χ1n) is 15.2. The van der Waals surface area contributed by atoms with Gasteiger partial charge >= 0.3 is 0 Å². The summed E-state index contributed by atoms with van der Waals surface area (Å²) in [5.74, 6) is 0.514. The van der Waals surface area contributed by atoms with Crippen LogP contribution in [0.3, 0.4) is 0 Å². The zero-order valence-electron chi connectivity index (χ0n) is 26.1. The number of nitrogens with one attached hydrogen (secondary N) is 2. The molecule has 0 aliphatic rings. The molecule has 1 aromatic heterocycles. The molecule has 2 amide bonds. The van der Waals surface area contributed by atoms with Gasteiger partial charge in [0.25, 0.3) is 5.91 Å². The second kappa shape index (κ2) is 25.7. The highest BCUT2D eigenvalue weighted by atomic mass is 33.1. The summed E-state index contributed by atoms with van der Waals surface area (Å²) in [6, 6.07) is 2.97. The van der Waals surface area contributed by atoms with Gasteiger partial charge in [0.1, 0.15) is 0 Å². The molecule has 0 bridgehead atoms. The molecule has 1 unspecified atom stereocenters. The Kier molecular flexibility index (Phi) is 22.8. The molecule has 0 spiro atoms. The molecule has 0 fully saturated rings. The normalized spacial score (nSPS) is 13.4. The molecule has 0 saturated carbocycles. The van der Waals surface area contributed by atoms with Crippen LogP contribution in [0.4, 0.5) is 0 Å². The van der Waals surface area contributed by atoms with Gasteiger partial charge in [0.05, 0.1) is 18.2 Å². The van der Waals surface area contributed by atoms with E-state index in [9.17, 15) is 14.7 Å². The zero-order valence-corrected chi connectivity index (χ0v) is 27.8. The standard InChI is InChI=1S/C35H51N3O3S2/c1-4-5-6-7-8-9-10-11-12-13-14-15-16-17-18-19-20-21-22-25-33(40)37-27-28-42-43-35(2,3)32(30-39)38-34(41)31-24-23-26-36-29-31/h5-6,8-9,11-12,14-15,17-18,20-21,23-24,26,29,32,39H,4,7,10,13,16,19,22,25,27-28,30H2,1-3H3,(H,37,40)(H,38,41)/b6-5-,9-8-,12-11-,15-14-,18-17-,21-20-. The van der Waals surface area contributed by atoms with Crippen molar-refractivity contribution >= 4 is 33.4 Å². The summed E-state index contributed by atoms with van der Waals surface area (Å²) in [5, 5.41) is 15.7. The van der Waals surface area contributed by atoms with Gasteiger partial charge in [-0.05, 0) is 70.9 Å². The van der Waals surface area contributed by atoms with Crippen LogP contribution in [0.5, 0.6) is 0 Å². The number of amides is 2. The van der Waals surface area contributed by atoms with E-state index in [2.05, 4.69) is 95.5 Å². The molecule has 0 aromatic carbocycles.